The van der Waals surface area contributed by atoms with Crippen LogP contribution in [-0.4, -0.2) is 26.6 Å². The highest BCUT2D eigenvalue weighted by Gasteiger charge is 2.32. The number of carbonyl (C=O) groups excluding carboxylic acids is 1. The van der Waals surface area contributed by atoms with Crippen molar-refractivity contribution >= 4 is 22.7 Å². The van der Waals surface area contributed by atoms with Crippen molar-refractivity contribution in [2.75, 3.05) is 0 Å². The highest BCUT2D eigenvalue weighted by atomic mass is 16.3. The van der Waals surface area contributed by atoms with Gasteiger partial charge < -0.3 is 4.42 Å². The molecule has 3 aromatic rings. The molecule has 1 atom stereocenters. The summed E-state index contributed by atoms with van der Waals surface area (Å²) in [4.78, 5) is 20.8. The van der Waals surface area contributed by atoms with Gasteiger partial charge in [-0.05, 0) is 37.6 Å². The highest BCUT2D eigenvalue weighted by Crippen LogP contribution is 2.34. The van der Waals surface area contributed by atoms with Gasteiger partial charge in [0.2, 0.25) is 5.91 Å². The Balaban J connectivity index is 1.74. The van der Waals surface area contributed by atoms with Gasteiger partial charge in [-0.15, -0.1) is 0 Å². The molecule has 2 aromatic heterocycles. The molecule has 3 heterocycles. The molecule has 1 unspecified atom stereocenters. The Morgan fingerprint density at radius 2 is 1.92 bits per heavy atom. The molecular weight excluding hydrogens is 316 g/mol. The Morgan fingerprint density at radius 3 is 2.60 bits per heavy atom. The number of carbonyl (C=O) groups is 1. The van der Waals surface area contributed by atoms with Gasteiger partial charge in [-0.1, -0.05) is 6.07 Å². The molecule has 1 aliphatic rings. The number of fused-ring (bicyclic) bond motifs is 1. The second-order valence-corrected chi connectivity index (χ2v) is 6.26. The summed E-state index contributed by atoms with van der Waals surface area (Å²) < 4.78 is 5.62. The Bertz CT molecular complexity index is 1010. The molecule has 0 saturated heterocycles. The number of hydrogen-bond acceptors (Lipinski definition) is 5. The van der Waals surface area contributed by atoms with Crippen molar-refractivity contribution in [3.05, 3.63) is 59.3 Å². The van der Waals surface area contributed by atoms with E-state index in [1.807, 2.05) is 38.1 Å². The SMILES string of the molecule is CC(=O)N1N=C(c2cc(C)oc2C)CC1c1ccc2nccnc2c1. The molecule has 0 bridgehead atoms. The van der Waals surface area contributed by atoms with E-state index in [-0.39, 0.29) is 11.9 Å². The van der Waals surface area contributed by atoms with Gasteiger partial charge in [0.05, 0.1) is 22.8 Å². The first-order valence-corrected chi connectivity index (χ1v) is 8.18. The zero-order chi connectivity index (χ0) is 17.6. The van der Waals surface area contributed by atoms with Crippen LogP contribution in [0.1, 0.15) is 42.0 Å². The van der Waals surface area contributed by atoms with Crippen LogP contribution >= 0.6 is 0 Å². The largest absolute Gasteiger partial charge is 0.466 e. The summed E-state index contributed by atoms with van der Waals surface area (Å²) >= 11 is 0. The number of aromatic nitrogens is 2. The molecule has 0 radical (unpaired) electrons. The van der Waals surface area contributed by atoms with Gasteiger partial charge >= 0.3 is 0 Å². The number of nitrogens with zero attached hydrogens (tertiary/aromatic N) is 4. The van der Waals surface area contributed by atoms with E-state index in [0.29, 0.717) is 6.42 Å². The minimum Gasteiger partial charge on any atom is -0.466 e. The molecule has 25 heavy (non-hydrogen) atoms. The van der Waals surface area contributed by atoms with Gasteiger partial charge in [0.25, 0.3) is 0 Å². The minimum atomic E-state index is -0.145. The predicted molar refractivity (Wildman–Crippen MR) is 94.1 cm³/mol. The summed E-state index contributed by atoms with van der Waals surface area (Å²) in [5.41, 5.74) is 4.48. The van der Waals surface area contributed by atoms with Crippen molar-refractivity contribution < 1.29 is 9.21 Å². The molecule has 1 aromatic carbocycles. The number of rotatable bonds is 2. The fourth-order valence-electron chi connectivity index (χ4n) is 3.33. The monoisotopic (exact) mass is 334 g/mol. The molecule has 0 aliphatic carbocycles. The van der Waals surface area contributed by atoms with Crippen LogP contribution in [-0.2, 0) is 4.79 Å². The molecule has 0 saturated carbocycles. The summed E-state index contributed by atoms with van der Waals surface area (Å²) in [6.45, 7) is 5.36. The van der Waals surface area contributed by atoms with Gasteiger partial charge in [0.15, 0.2) is 0 Å². The third-order valence-electron chi connectivity index (χ3n) is 4.46. The summed E-state index contributed by atoms with van der Waals surface area (Å²) in [6.07, 6.45) is 3.99. The predicted octanol–water partition coefficient (Wildman–Crippen LogP) is 3.54. The molecule has 4 rings (SSSR count). The van der Waals surface area contributed by atoms with E-state index in [1.165, 1.54) is 6.92 Å². The van der Waals surface area contributed by atoms with Gasteiger partial charge in [-0.3, -0.25) is 14.8 Å². The van der Waals surface area contributed by atoms with Crippen LogP contribution in [0.15, 0.2) is 46.2 Å². The van der Waals surface area contributed by atoms with Gasteiger partial charge in [0.1, 0.15) is 11.5 Å². The van der Waals surface area contributed by atoms with Crippen LogP contribution < -0.4 is 0 Å². The maximum Gasteiger partial charge on any atom is 0.240 e. The molecule has 126 valence electrons. The Morgan fingerprint density at radius 1 is 1.16 bits per heavy atom. The Hall–Kier alpha value is -3.02. The number of hydrazone groups is 1. The first kappa shape index (κ1) is 15.5. The normalized spacial score (nSPS) is 17.2. The van der Waals surface area contributed by atoms with Crippen molar-refractivity contribution in [2.45, 2.75) is 33.2 Å². The molecule has 1 amide bonds. The fraction of sp³-hybridized carbons (Fsp3) is 0.263. The van der Waals surface area contributed by atoms with Crippen LogP contribution in [0.3, 0.4) is 0 Å². The lowest BCUT2D eigenvalue weighted by Gasteiger charge is -2.20. The molecule has 0 spiro atoms. The minimum absolute atomic E-state index is 0.0860. The first-order chi connectivity index (χ1) is 12.0. The van der Waals surface area contributed by atoms with Crippen LogP contribution in [0.25, 0.3) is 11.0 Å². The summed E-state index contributed by atoms with van der Waals surface area (Å²) in [5.74, 6) is 1.58. The molecule has 6 heteroatoms. The topological polar surface area (TPSA) is 71.6 Å². The number of benzene rings is 1. The quantitative estimate of drug-likeness (QED) is 0.718. The van der Waals surface area contributed by atoms with E-state index >= 15 is 0 Å². The van der Waals surface area contributed by atoms with Crippen LogP contribution in [0.5, 0.6) is 0 Å². The van der Waals surface area contributed by atoms with Gasteiger partial charge in [-0.2, -0.15) is 5.10 Å². The maximum absolute atomic E-state index is 12.1. The van der Waals surface area contributed by atoms with E-state index in [1.54, 1.807) is 17.4 Å². The lowest BCUT2D eigenvalue weighted by Crippen LogP contribution is -2.24. The molecule has 1 aliphatic heterocycles. The summed E-state index contributed by atoms with van der Waals surface area (Å²) in [6, 6.07) is 7.73. The van der Waals surface area contributed by atoms with E-state index in [9.17, 15) is 4.79 Å². The lowest BCUT2D eigenvalue weighted by atomic mass is 9.98. The Labute approximate surface area is 145 Å². The van der Waals surface area contributed by atoms with Crippen LogP contribution in [0.2, 0.25) is 0 Å². The first-order valence-electron chi connectivity index (χ1n) is 8.18. The van der Waals surface area contributed by atoms with Crippen molar-refractivity contribution in [3.63, 3.8) is 0 Å². The average Bonchev–Trinajstić information content (AvgIpc) is 3.17. The van der Waals surface area contributed by atoms with Gasteiger partial charge in [-0.25, -0.2) is 5.01 Å². The third-order valence-corrected chi connectivity index (χ3v) is 4.46. The maximum atomic E-state index is 12.1. The number of amides is 1. The van der Waals surface area contributed by atoms with E-state index in [0.717, 1.165) is 39.4 Å². The second-order valence-electron chi connectivity index (χ2n) is 6.26. The van der Waals surface area contributed by atoms with Crippen molar-refractivity contribution in [3.8, 4) is 0 Å². The fourth-order valence-corrected chi connectivity index (χ4v) is 3.33. The molecule has 6 nitrogen and oxygen atoms in total. The lowest BCUT2D eigenvalue weighted by molar-refractivity contribution is -0.130. The van der Waals surface area contributed by atoms with Crippen LogP contribution in [0.4, 0.5) is 0 Å². The molecule has 0 fully saturated rings. The van der Waals surface area contributed by atoms with Crippen LogP contribution in [0, 0.1) is 13.8 Å². The zero-order valence-corrected chi connectivity index (χ0v) is 14.4. The van der Waals surface area contributed by atoms with E-state index in [2.05, 4.69) is 15.1 Å². The van der Waals surface area contributed by atoms with Gasteiger partial charge in [0, 0.05) is 31.3 Å². The second kappa shape index (κ2) is 5.81. The van der Waals surface area contributed by atoms with E-state index in [4.69, 9.17) is 4.42 Å². The van der Waals surface area contributed by atoms with Crippen molar-refractivity contribution in [1.82, 2.24) is 15.0 Å². The standard InChI is InChI=1S/C19H18N4O2/c1-11-8-15(12(2)25-11)17-10-19(23(22-17)13(3)24)14-4-5-16-18(9-14)21-7-6-20-16/h4-9,19H,10H2,1-3H3. The number of hydrogen-bond donors (Lipinski definition) is 0. The molecule has 0 N–H and O–H groups in total. The summed E-state index contributed by atoms with van der Waals surface area (Å²) in [5, 5.41) is 6.12. The van der Waals surface area contributed by atoms with E-state index < -0.39 is 0 Å². The average molecular weight is 334 g/mol. The third kappa shape index (κ3) is 2.69. The van der Waals surface area contributed by atoms with Crippen molar-refractivity contribution in [2.24, 2.45) is 5.10 Å². The number of furan rings is 1. The smallest absolute Gasteiger partial charge is 0.240 e. The zero-order valence-electron chi connectivity index (χ0n) is 14.4. The van der Waals surface area contributed by atoms with Crippen molar-refractivity contribution in [1.29, 1.82) is 0 Å². The number of aryl methyl sites for hydroxylation is 2. The summed E-state index contributed by atoms with van der Waals surface area (Å²) in [7, 11) is 0. The highest BCUT2D eigenvalue weighted by molar-refractivity contribution is 6.04. The Kier molecular flexibility index (Phi) is 3.60. The molecular formula is C19H18N4O2.